The number of hydrogen-bond acceptors (Lipinski definition) is 8. The summed E-state index contributed by atoms with van der Waals surface area (Å²) in [4.78, 5) is 30.3. The average Bonchev–Trinajstić information content (AvgIpc) is 3.61. The van der Waals surface area contributed by atoms with Gasteiger partial charge < -0.3 is 26.0 Å². The maximum Gasteiger partial charge on any atom is 0.243 e. The summed E-state index contributed by atoms with van der Waals surface area (Å²) < 4.78 is 33.2. The highest BCUT2D eigenvalue weighted by atomic mass is 32.2. The molecule has 13 heteroatoms. The first kappa shape index (κ1) is 32.1. The third-order valence-electron chi connectivity index (χ3n) is 7.80. The van der Waals surface area contributed by atoms with E-state index in [1.54, 1.807) is 12.1 Å². The van der Waals surface area contributed by atoms with Crippen LogP contribution < -0.4 is 21.1 Å². The van der Waals surface area contributed by atoms with E-state index in [0.29, 0.717) is 30.2 Å². The molecule has 2 aliphatic rings. The number of aryl methyl sites for hydroxylation is 1. The quantitative estimate of drug-likeness (QED) is 0.169. The number of hydrogen-bond donors (Lipinski definition) is 5. The molecule has 6 N–H and O–H groups in total. The second-order valence-electron chi connectivity index (χ2n) is 11.3. The first-order chi connectivity index (χ1) is 20.0. The van der Waals surface area contributed by atoms with Crippen molar-refractivity contribution in [3.63, 3.8) is 0 Å². The predicted octanol–water partition coefficient (Wildman–Crippen LogP) is 1.84. The molecule has 3 heterocycles. The highest BCUT2D eigenvalue weighted by Crippen LogP contribution is 2.26. The van der Waals surface area contributed by atoms with Crippen molar-refractivity contribution >= 4 is 39.0 Å². The highest BCUT2D eigenvalue weighted by Gasteiger charge is 2.42. The van der Waals surface area contributed by atoms with Gasteiger partial charge in [0, 0.05) is 17.8 Å². The zero-order valence-corrected chi connectivity index (χ0v) is 25.9. The van der Waals surface area contributed by atoms with Crippen LogP contribution in [0, 0.1) is 18.3 Å². The monoisotopic (exact) mass is 618 g/mol. The molecule has 0 saturated carbocycles. The van der Waals surface area contributed by atoms with E-state index < -0.39 is 28.0 Å². The van der Waals surface area contributed by atoms with Crippen molar-refractivity contribution in [2.75, 3.05) is 25.9 Å². The molecule has 2 aliphatic heterocycles. The Bertz CT molecular complexity index is 1340. The van der Waals surface area contributed by atoms with Crippen molar-refractivity contribution in [2.24, 2.45) is 11.7 Å². The standard InChI is InChI=1S/C29H42N6O5S2/c1-19-3-5-21(6-4-19)18-40-22-15-25(28(36)33-16-23-8-10-26(41-23)27(30)31)35(17-22)29(37)24(34-42(2,38)39)9-7-20-11-13-32-14-12-20/h3-6,8,10,20,22,24-25,32,34H,7,9,11-18H2,1-2H3,(H3,30,31)(H,33,36)/t22-,24-,25?/m1/s1. The van der Waals surface area contributed by atoms with E-state index >= 15 is 0 Å². The number of benzene rings is 1. The molecule has 2 saturated heterocycles. The van der Waals surface area contributed by atoms with Gasteiger partial charge in [0.2, 0.25) is 21.8 Å². The largest absolute Gasteiger partial charge is 0.383 e. The summed E-state index contributed by atoms with van der Waals surface area (Å²) in [5, 5.41) is 13.8. The van der Waals surface area contributed by atoms with Gasteiger partial charge in [-0.15, -0.1) is 11.3 Å². The molecule has 0 spiro atoms. The molecular formula is C29H42N6O5S2. The number of amidine groups is 1. The minimum atomic E-state index is -3.67. The molecule has 1 aromatic heterocycles. The minimum Gasteiger partial charge on any atom is -0.383 e. The summed E-state index contributed by atoms with van der Waals surface area (Å²) in [6, 6.07) is 9.75. The Kier molecular flexibility index (Phi) is 11.1. The lowest BCUT2D eigenvalue weighted by atomic mass is 9.91. The van der Waals surface area contributed by atoms with Gasteiger partial charge in [0.15, 0.2) is 0 Å². The van der Waals surface area contributed by atoms with E-state index in [2.05, 4.69) is 15.4 Å². The number of amides is 2. The topological polar surface area (TPSA) is 167 Å². The molecule has 1 unspecified atom stereocenters. The molecule has 1 aromatic carbocycles. The van der Waals surface area contributed by atoms with E-state index in [1.165, 1.54) is 16.2 Å². The molecule has 0 radical (unpaired) electrons. The minimum absolute atomic E-state index is 0.0346. The number of likely N-dealkylation sites (tertiary alicyclic amines) is 1. The number of rotatable bonds is 13. The van der Waals surface area contributed by atoms with Crippen LogP contribution in [0.15, 0.2) is 36.4 Å². The van der Waals surface area contributed by atoms with E-state index in [9.17, 15) is 18.0 Å². The number of thiophene rings is 1. The van der Waals surface area contributed by atoms with Crippen molar-refractivity contribution in [1.82, 2.24) is 20.3 Å². The van der Waals surface area contributed by atoms with Gasteiger partial charge in [0.1, 0.15) is 17.9 Å². The summed E-state index contributed by atoms with van der Waals surface area (Å²) in [7, 11) is -3.67. The Hall–Kier alpha value is -2.84. The van der Waals surface area contributed by atoms with Crippen molar-refractivity contribution in [3.05, 3.63) is 57.3 Å². The van der Waals surface area contributed by atoms with Gasteiger partial charge >= 0.3 is 0 Å². The van der Waals surface area contributed by atoms with E-state index in [-0.39, 0.29) is 30.9 Å². The van der Waals surface area contributed by atoms with Crippen LogP contribution in [0.3, 0.4) is 0 Å². The predicted molar refractivity (Wildman–Crippen MR) is 164 cm³/mol. The van der Waals surface area contributed by atoms with Crippen LogP contribution in [0.2, 0.25) is 0 Å². The van der Waals surface area contributed by atoms with Crippen molar-refractivity contribution in [1.29, 1.82) is 5.41 Å². The lowest BCUT2D eigenvalue weighted by Crippen LogP contribution is -2.53. The molecule has 0 aliphatic carbocycles. The molecule has 230 valence electrons. The van der Waals surface area contributed by atoms with Gasteiger partial charge in [0.25, 0.3) is 0 Å². The number of nitrogens with zero attached hydrogens (tertiary/aromatic N) is 1. The number of ether oxygens (including phenoxy) is 1. The lowest BCUT2D eigenvalue weighted by molar-refractivity contribution is -0.140. The third kappa shape index (κ3) is 9.33. The highest BCUT2D eigenvalue weighted by molar-refractivity contribution is 7.88. The first-order valence-corrected chi connectivity index (χ1v) is 17.1. The average molecular weight is 619 g/mol. The zero-order chi connectivity index (χ0) is 30.3. The molecule has 4 rings (SSSR count). The summed E-state index contributed by atoms with van der Waals surface area (Å²) in [6.07, 6.45) is 4.01. The number of sulfonamides is 1. The third-order valence-corrected chi connectivity index (χ3v) is 9.63. The van der Waals surface area contributed by atoms with Crippen LogP contribution >= 0.6 is 11.3 Å². The second kappa shape index (κ2) is 14.6. The van der Waals surface area contributed by atoms with Gasteiger partial charge in [-0.3, -0.25) is 15.0 Å². The first-order valence-electron chi connectivity index (χ1n) is 14.3. The SMILES string of the molecule is Cc1ccc(CO[C@@H]2CC(C(=O)NCc3ccc(C(=N)N)s3)N(C(=O)[C@@H](CCC3CCNCC3)NS(C)(=O)=O)C2)cc1. The maximum absolute atomic E-state index is 13.9. The summed E-state index contributed by atoms with van der Waals surface area (Å²) in [5.41, 5.74) is 7.70. The number of nitrogen functional groups attached to an aromatic ring is 1. The number of piperidine rings is 1. The number of nitrogens with two attached hydrogens (primary N) is 1. The number of carbonyl (C=O) groups excluding carboxylic acids is 2. The van der Waals surface area contributed by atoms with Gasteiger partial charge in [-0.05, 0) is 69.3 Å². The van der Waals surface area contributed by atoms with E-state index in [4.69, 9.17) is 15.9 Å². The maximum atomic E-state index is 13.9. The molecule has 42 heavy (non-hydrogen) atoms. The second-order valence-corrected chi connectivity index (χ2v) is 14.2. The molecular weight excluding hydrogens is 576 g/mol. The van der Waals surface area contributed by atoms with Crippen molar-refractivity contribution in [2.45, 2.75) is 70.4 Å². The van der Waals surface area contributed by atoms with Gasteiger partial charge in [-0.2, -0.15) is 0 Å². The van der Waals surface area contributed by atoms with Crippen LogP contribution in [-0.2, 0) is 37.5 Å². The van der Waals surface area contributed by atoms with E-state index in [0.717, 1.165) is 54.6 Å². The Morgan fingerprint density at radius 1 is 1.19 bits per heavy atom. The van der Waals surface area contributed by atoms with Crippen molar-refractivity contribution < 1.29 is 22.7 Å². The van der Waals surface area contributed by atoms with Crippen LogP contribution in [0.4, 0.5) is 0 Å². The number of carbonyl (C=O) groups is 2. The van der Waals surface area contributed by atoms with Crippen molar-refractivity contribution in [3.8, 4) is 0 Å². The van der Waals surface area contributed by atoms with Gasteiger partial charge in [-0.25, -0.2) is 13.1 Å². The van der Waals surface area contributed by atoms with Crippen LogP contribution in [0.25, 0.3) is 0 Å². The smallest absolute Gasteiger partial charge is 0.243 e. The van der Waals surface area contributed by atoms with Crippen LogP contribution in [0.1, 0.15) is 53.0 Å². The molecule has 2 amide bonds. The zero-order valence-electron chi connectivity index (χ0n) is 24.2. The molecule has 0 bridgehead atoms. The fourth-order valence-electron chi connectivity index (χ4n) is 5.48. The summed E-state index contributed by atoms with van der Waals surface area (Å²) in [6.45, 7) is 4.59. The molecule has 2 fully saturated rings. The van der Waals surface area contributed by atoms with Gasteiger partial charge in [-0.1, -0.05) is 29.8 Å². The Morgan fingerprint density at radius 3 is 2.55 bits per heavy atom. The molecule has 11 nitrogen and oxygen atoms in total. The van der Waals surface area contributed by atoms with Crippen LogP contribution in [-0.4, -0.2) is 75.0 Å². The van der Waals surface area contributed by atoms with E-state index in [1.807, 2.05) is 31.2 Å². The van der Waals surface area contributed by atoms with Gasteiger partial charge in [0.05, 0.1) is 30.4 Å². The number of nitrogens with one attached hydrogen (secondary N) is 4. The normalized spacial score (nSPS) is 20.4. The lowest BCUT2D eigenvalue weighted by Gasteiger charge is -2.29. The fraction of sp³-hybridized carbons (Fsp3) is 0.552. The summed E-state index contributed by atoms with van der Waals surface area (Å²) >= 11 is 1.32. The Balaban J connectivity index is 1.48. The Morgan fingerprint density at radius 2 is 1.90 bits per heavy atom. The molecule has 2 aromatic rings. The summed E-state index contributed by atoms with van der Waals surface area (Å²) in [5.74, 6) is -0.366. The fourth-order valence-corrected chi connectivity index (χ4v) is 7.03. The van der Waals surface area contributed by atoms with Crippen LogP contribution in [0.5, 0.6) is 0 Å². The molecule has 3 atom stereocenters. The Labute approximate surface area is 252 Å².